The first-order valence-electron chi connectivity index (χ1n) is 8.88. The van der Waals surface area contributed by atoms with Gasteiger partial charge in [0, 0.05) is 11.8 Å². The topological polar surface area (TPSA) is 169 Å². The number of aliphatic hydroxyl groups is 5. The number of anilines is 1. The van der Waals surface area contributed by atoms with Crippen LogP contribution in [0.2, 0.25) is 0 Å². The van der Waals surface area contributed by atoms with Crippen LogP contribution in [-0.4, -0.2) is 92.7 Å². The third kappa shape index (κ3) is 4.40. The largest absolute Gasteiger partial charge is 0.462 e. The van der Waals surface area contributed by atoms with E-state index in [4.69, 9.17) is 14.6 Å². The zero-order valence-electron chi connectivity index (χ0n) is 15.2. The number of imide groups is 1. The van der Waals surface area contributed by atoms with Crippen LogP contribution in [0.1, 0.15) is 0 Å². The van der Waals surface area contributed by atoms with Crippen molar-refractivity contribution in [3.63, 3.8) is 0 Å². The van der Waals surface area contributed by atoms with Gasteiger partial charge in [-0.25, -0.2) is 0 Å². The molecular formula is C18H22N2O9. The van der Waals surface area contributed by atoms with E-state index in [-0.39, 0.29) is 24.6 Å². The maximum atomic E-state index is 12.1. The molecule has 0 aromatic heterocycles. The van der Waals surface area contributed by atoms with Crippen molar-refractivity contribution in [1.82, 2.24) is 4.90 Å². The first-order chi connectivity index (χ1) is 13.8. The molecule has 2 aliphatic heterocycles. The fourth-order valence-corrected chi connectivity index (χ4v) is 2.98. The van der Waals surface area contributed by atoms with Gasteiger partial charge in [0.25, 0.3) is 11.8 Å². The van der Waals surface area contributed by atoms with Gasteiger partial charge in [0.05, 0.1) is 19.8 Å². The van der Waals surface area contributed by atoms with Gasteiger partial charge in [-0.2, -0.15) is 0 Å². The number of carbonyl (C=O) groups is 2. The minimum atomic E-state index is -1.55. The molecule has 5 unspecified atom stereocenters. The molecule has 0 bridgehead atoms. The maximum Gasteiger partial charge on any atom is 0.277 e. The first-order valence-corrected chi connectivity index (χ1v) is 8.88. The summed E-state index contributed by atoms with van der Waals surface area (Å²) in [7, 11) is 0. The van der Waals surface area contributed by atoms with E-state index in [0.29, 0.717) is 5.69 Å². The molecule has 0 saturated carbocycles. The van der Waals surface area contributed by atoms with Gasteiger partial charge in [-0.1, -0.05) is 0 Å². The lowest BCUT2D eigenvalue weighted by Crippen LogP contribution is -2.60. The predicted octanol–water partition coefficient (Wildman–Crippen LogP) is -2.48. The highest BCUT2D eigenvalue weighted by Gasteiger charge is 2.44. The molecular weight excluding hydrogens is 388 g/mol. The predicted molar refractivity (Wildman–Crippen MR) is 96.3 cm³/mol. The number of hydrogen-bond donors (Lipinski definition) is 6. The Bertz CT molecular complexity index is 780. The van der Waals surface area contributed by atoms with E-state index in [0.717, 1.165) is 11.0 Å². The molecule has 0 spiro atoms. The molecule has 0 aliphatic carbocycles. The number of β-amino-alcohol motifs (C(OH)–C–C–N with tert-alkyl or cyclic N) is 1. The lowest BCUT2D eigenvalue weighted by molar-refractivity contribution is -0.277. The summed E-state index contributed by atoms with van der Waals surface area (Å²) in [6, 6.07) is 6.09. The Hall–Kier alpha value is -2.54. The summed E-state index contributed by atoms with van der Waals surface area (Å²) >= 11 is 0. The minimum absolute atomic E-state index is 0.0612. The Morgan fingerprint density at radius 1 is 1.03 bits per heavy atom. The summed E-state index contributed by atoms with van der Waals surface area (Å²) in [4.78, 5) is 24.8. The second kappa shape index (κ2) is 8.86. The number of nitrogens with one attached hydrogen (secondary N) is 1. The van der Waals surface area contributed by atoms with E-state index < -0.39 is 49.1 Å². The van der Waals surface area contributed by atoms with Gasteiger partial charge in [-0.3, -0.25) is 14.5 Å². The average molecular weight is 410 g/mol. The van der Waals surface area contributed by atoms with Crippen molar-refractivity contribution >= 4 is 17.5 Å². The van der Waals surface area contributed by atoms with Gasteiger partial charge < -0.3 is 40.3 Å². The van der Waals surface area contributed by atoms with Crippen LogP contribution in [0.15, 0.2) is 36.0 Å². The molecule has 1 aromatic rings. The van der Waals surface area contributed by atoms with E-state index in [9.17, 15) is 30.0 Å². The van der Waals surface area contributed by atoms with Crippen LogP contribution >= 0.6 is 0 Å². The van der Waals surface area contributed by atoms with Crippen molar-refractivity contribution in [2.75, 3.05) is 25.1 Å². The van der Waals surface area contributed by atoms with Crippen molar-refractivity contribution in [3.8, 4) is 5.75 Å². The maximum absolute atomic E-state index is 12.1. The smallest absolute Gasteiger partial charge is 0.277 e. The number of carbonyl (C=O) groups excluding carboxylic acids is 2. The van der Waals surface area contributed by atoms with E-state index >= 15 is 0 Å². The molecule has 11 heteroatoms. The van der Waals surface area contributed by atoms with Gasteiger partial charge in [-0.05, 0) is 24.3 Å². The molecule has 1 fully saturated rings. The Morgan fingerprint density at radius 3 is 2.34 bits per heavy atom. The number of aliphatic hydroxyl groups excluding tert-OH is 5. The molecule has 11 nitrogen and oxygen atoms in total. The van der Waals surface area contributed by atoms with Crippen molar-refractivity contribution < 1.29 is 44.6 Å². The van der Waals surface area contributed by atoms with Gasteiger partial charge in [0.2, 0.25) is 6.29 Å². The van der Waals surface area contributed by atoms with Crippen molar-refractivity contribution in [2.24, 2.45) is 0 Å². The van der Waals surface area contributed by atoms with E-state index in [2.05, 4.69) is 5.32 Å². The minimum Gasteiger partial charge on any atom is -0.462 e. The molecule has 2 heterocycles. The number of rotatable bonds is 7. The SMILES string of the molecule is O=C1C=C(Nc2ccc(OC3OC(CO)C(O)C(O)C3O)cc2)C(=O)N1CCO. The molecule has 2 aliphatic rings. The third-order valence-electron chi connectivity index (χ3n) is 4.57. The molecule has 2 amide bonds. The molecule has 1 saturated heterocycles. The molecule has 1 aromatic carbocycles. The molecule has 158 valence electrons. The van der Waals surface area contributed by atoms with Crippen LogP contribution < -0.4 is 10.1 Å². The molecule has 5 atom stereocenters. The number of nitrogens with zero attached hydrogens (tertiary/aromatic N) is 1. The van der Waals surface area contributed by atoms with Crippen molar-refractivity contribution in [2.45, 2.75) is 30.7 Å². The normalized spacial score (nSPS) is 29.8. The van der Waals surface area contributed by atoms with Gasteiger partial charge >= 0.3 is 0 Å². The third-order valence-corrected chi connectivity index (χ3v) is 4.57. The molecule has 0 radical (unpaired) electrons. The van der Waals surface area contributed by atoms with Gasteiger partial charge in [0.15, 0.2) is 0 Å². The molecule has 29 heavy (non-hydrogen) atoms. The van der Waals surface area contributed by atoms with E-state index in [1.807, 2.05) is 0 Å². The zero-order chi connectivity index (χ0) is 21.1. The lowest BCUT2D eigenvalue weighted by Gasteiger charge is -2.39. The average Bonchev–Trinajstić information content (AvgIpc) is 2.97. The number of amides is 2. The summed E-state index contributed by atoms with van der Waals surface area (Å²) in [5.74, 6) is -0.815. The highest BCUT2D eigenvalue weighted by molar-refractivity contribution is 6.17. The summed E-state index contributed by atoms with van der Waals surface area (Å²) in [5, 5.41) is 50.5. The van der Waals surface area contributed by atoms with Crippen LogP contribution in [-0.2, 0) is 14.3 Å². The number of benzene rings is 1. The van der Waals surface area contributed by atoms with E-state index in [1.165, 1.54) is 12.1 Å². The number of ether oxygens (including phenoxy) is 2. The Labute approximate surface area is 165 Å². The Kier molecular flexibility index (Phi) is 6.47. The summed E-state index contributed by atoms with van der Waals surface area (Å²) < 4.78 is 10.7. The van der Waals surface area contributed by atoms with Crippen LogP contribution in [0.25, 0.3) is 0 Å². The second-order valence-electron chi connectivity index (χ2n) is 6.54. The second-order valence-corrected chi connectivity index (χ2v) is 6.54. The lowest BCUT2D eigenvalue weighted by atomic mass is 9.99. The van der Waals surface area contributed by atoms with Crippen LogP contribution in [0, 0.1) is 0 Å². The first kappa shape index (κ1) is 21.2. The standard InChI is InChI=1S/C18H22N2O9/c21-6-5-20-13(23)7-11(17(20)27)19-9-1-3-10(4-2-9)28-18-16(26)15(25)14(24)12(8-22)29-18/h1-4,7,12,14-16,18-19,21-22,24-26H,5-6,8H2. The highest BCUT2D eigenvalue weighted by Crippen LogP contribution is 2.26. The molecule has 3 rings (SSSR count). The quantitative estimate of drug-likeness (QED) is 0.265. The fraction of sp³-hybridized carbons (Fsp3) is 0.444. The van der Waals surface area contributed by atoms with Gasteiger partial charge in [0.1, 0.15) is 35.9 Å². The van der Waals surface area contributed by atoms with Crippen LogP contribution in [0.3, 0.4) is 0 Å². The molecule has 6 N–H and O–H groups in total. The van der Waals surface area contributed by atoms with Crippen molar-refractivity contribution in [3.05, 3.63) is 36.0 Å². The summed E-state index contributed by atoms with van der Waals surface area (Å²) in [6.45, 7) is -0.989. The highest BCUT2D eigenvalue weighted by atomic mass is 16.7. The van der Waals surface area contributed by atoms with Crippen molar-refractivity contribution in [1.29, 1.82) is 0 Å². The Balaban J connectivity index is 1.63. The fourth-order valence-electron chi connectivity index (χ4n) is 2.98. The summed E-state index contributed by atoms with van der Waals surface area (Å²) in [5.41, 5.74) is 0.537. The Morgan fingerprint density at radius 2 is 1.72 bits per heavy atom. The number of hydrogen-bond acceptors (Lipinski definition) is 10. The monoisotopic (exact) mass is 410 g/mol. The zero-order valence-corrected chi connectivity index (χ0v) is 15.2. The van der Waals surface area contributed by atoms with Crippen LogP contribution in [0.4, 0.5) is 5.69 Å². The summed E-state index contributed by atoms with van der Waals surface area (Å²) in [6.07, 6.45) is -5.82. The van der Waals surface area contributed by atoms with Crippen LogP contribution in [0.5, 0.6) is 5.75 Å². The van der Waals surface area contributed by atoms with Gasteiger partial charge in [-0.15, -0.1) is 0 Å². The van der Waals surface area contributed by atoms with E-state index in [1.54, 1.807) is 12.1 Å².